The summed E-state index contributed by atoms with van der Waals surface area (Å²) in [5.74, 6) is 6.64. The predicted octanol–water partition coefficient (Wildman–Crippen LogP) is 4.54. The summed E-state index contributed by atoms with van der Waals surface area (Å²) in [4.78, 5) is 30.8. The van der Waals surface area contributed by atoms with Crippen LogP contribution in [-0.4, -0.2) is 45.0 Å². The maximum atomic E-state index is 12.5. The Labute approximate surface area is 202 Å². The summed E-state index contributed by atoms with van der Waals surface area (Å²) in [7, 11) is 0. The monoisotopic (exact) mass is 474 g/mol. The normalized spacial score (nSPS) is 12.4. The highest BCUT2D eigenvalue weighted by atomic mass is 32.1. The van der Waals surface area contributed by atoms with Gasteiger partial charge in [0, 0.05) is 31.3 Å². The van der Waals surface area contributed by atoms with Crippen LogP contribution in [0.5, 0.6) is 0 Å². The van der Waals surface area contributed by atoms with E-state index < -0.39 is 0 Å². The Kier molecular flexibility index (Phi) is 7.18. The van der Waals surface area contributed by atoms with Crippen LogP contribution >= 0.6 is 11.3 Å². The number of nitrogens with one attached hydrogen (secondary N) is 2. The molecule has 0 unspecified atom stereocenters. The van der Waals surface area contributed by atoms with Crippen LogP contribution in [0.2, 0.25) is 0 Å². The number of imide groups is 1. The van der Waals surface area contributed by atoms with Gasteiger partial charge in [0.1, 0.15) is 10.8 Å². The van der Waals surface area contributed by atoms with Crippen molar-refractivity contribution >= 4 is 39.8 Å². The molecule has 1 aliphatic heterocycles. The second kappa shape index (κ2) is 10.4. The summed E-state index contributed by atoms with van der Waals surface area (Å²) in [6, 6.07) is 6.93. The van der Waals surface area contributed by atoms with Crippen molar-refractivity contribution in [2.24, 2.45) is 0 Å². The maximum Gasteiger partial charge on any atom is 0.261 e. The van der Waals surface area contributed by atoms with Gasteiger partial charge in [-0.15, -0.1) is 10.2 Å². The Morgan fingerprint density at radius 1 is 1.09 bits per heavy atom. The number of carbonyl (C=O) groups is 2. The average Bonchev–Trinajstić information content (AvgIpc) is 3.35. The van der Waals surface area contributed by atoms with Gasteiger partial charge < -0.3 is 10.6 Å². The zero-order valence-corrected chi connectivity index (χ0v) is 20.3. The fourth-order valence-electron chi connectivity index (χ4n) is 3.68. The van der Waals surface area contributed by atoms with E-state index in [0.717, 1.165) is 34.8 Å². The van der Waals surface area contributed by atoms with Crippen molar-refractivity contribution in [3.05, 3.63) is 57.7 Å². The minimum atomic E-state index is -0.229. The van der Waals surface area contributed by atoms with Crippen molar-refractivity contribution in [2.75, 3.05) is 23.7 Å². The number of aryl methyl sites for hydroxylation is 1. The zero-order valence-electron chi connectivity index (χ0n) is 19.4. The lowest BCUT2D eigenvalue weighted by atomic mass is 10.1. The topological polar surface area (TPSA) is 100 Å². The molecule has 2 N–H and O–H groups in total. The third-order valence-electron chi connectivity index (χ3n) is 5.41. The highest BCUT2D eigenvalue weighted by molar-refractivity contribution is 7.15. The number of carbonyl (C=O) groups excluding carboxylic acids is 2. The number of aromatic nitrogens is 3. The predicted molar refractivity (Wildman–Crippen MR) is 134 cm³/mol. The number of rotatable bonds is 8. The van der Waals surface area contributed by atoms with Crippen LogP contribution in [0, 0.1) is 25.7 Å². The van der Waals surface area contributed by atoms with Crippen molar-refractivity contribution in [1.82, 2.24) is 20.1 Å². The van der Waals surface area contributed by atoms with Crippen LogP contribution in [0.25, 0.3) is 0 Å². The van der Waals surface area contributed by atoms with Gasteiger partial charge in [-0.05, 0) is 38.8 Å². The Balaban J connectivity index is 1.42. The summed E-state index contributed by atoms with van der Waals surface area (Å²) in [6.07, 6.45) is 3.90. The third kappa shape index (κ3) is 4.92. The molecule has 3 heterocycles. The van der Waals surface area contributed by atoms with Crippen LogP contribution in [0.4, 0.5) is 16.6 Å². The van der Waals surface area contributed by atoms with Crippen LogP contribution < -0.4 is 10.6 Å². The fourth-order valence-corrected chi connectivity index (χ4v) is 4.27. The van der Waals surface area contributed by atoms with Crippen molar-refractivity contribution in [2.45, 2.75) is 40.0 Å². The summed E-state index contributed by atoms with van der Waals surface area (Å²) < 4.78 is 0. The first-order valence-corrected chi connectivity index (χ1v) is 12.1. The minimum absolute atomic E-state index is 0.229. The van der Waals surface area contributed by atoms with Crippen LogP contribution in [-0.2, 0) is 0 Å². The number of unbranched alkanes of at least 4 members (excludes halogenated alkanes) is 1. The molecule has 0 saturated carbocycles. The van der Waals surface area contributed by atoms with E-state index in [2.05, 4.69) is 44.6 Å². The maximum absolute atomic E-state index is 12.5. The third-order valence-corrected chi connectivity index (χ3v) is 6.16. The number of nitrogens with zero attached hydrogens (tertiary/aromatic N) is 4. The number of benzene rings is 1. The molecule has 0 fully saturated rings. The first kappa shape index (κ1) is 23.4. The van der Waals surface area contributed by atoms with E-state index in [1.807, 2.05) is 13.8 Å². The largest absolute Gasteiger partial charge is 0.384 e. The fraction of sp³-hybridized carbons (Fsp3) is 0.320. The SMILES string of the molecule is CCCNc1c(C#CCCCN2C(=O)c3ccccc3C2=O)cnc(Nc2nnc(C)s2)c1C. The summed E-state index contributed by atoms with van der Waals surface area (Å²) in [6.45, 7) is 7.18. The second-order valence-electron chi connectivity index (χ2n) is 7.91. The molecule has 0 bridgehead atoms. The summed E-state index contributed by atoms with van der Waals surface area (Å²) >= 11 is 1.47. The second-order valence-corrected chi connectivity index (χ2v) is 9.09. The Hall–Kier alpha value is -3.77. The van der Waals surface area contributed by atoms with E-state index in [0.29, 0.717) is 41.5 Å². The molecule has 8 nitrogen and oxygen atoms in total. The number of amides is 2. The first-order chi connectivity index (χ1) is 16.5. The van der Waals surface area contributed by atoms with E-state index >= 15 is 0 Å². The number of anilines is 3. The molecule has 174 valence electrons. The van der Waals surface area contributed by atoms with E-state index in [4.69, 9.17) is 0 Å². The number of hydrogen-bond acceptors (Lipinski definition) is 8. The number of hydrogen-bond donors (Lipinski definition) is 2. The minimum Gasteiger partial charge on any atom is -0.384 e. The molecule has 2 amide bonds. The molecule has 0 radical (unpaired) electrons. The Bertz CT molecular complexity index is 1260. The molecule has 34 heavy (non-hydrogen) atoms. The van der Waals surface area contributed by atoms with Crippen LogP contribution in [0.15, 0.2) is 30.5 Å². The standard InChI is InChI=1S/C25H26N6O2S/c1-4-13-26-21-16(2)22(28-25-30-29-17(3)34-25)27-15-18(21)10-6-5-9-14-31-23(32)19-11-7-8-12-20(19)24(31)33/h7-8,11-12,15H,4-5,9,13-14H2,1-3H3,(H2,26,27,28,30). The average molecular weight is 475 g/mol. The van der Waals surface area contributed by atoms with Gasteiger partial charge in [0.05, 0.1) is 22.4 Å². The molecule has 2 aromatic heterocycles. The van der Waals surface area contributed by atoms with Gasteiger partial charge in [-0.25, -0.2) is 4.98 Å². The molecular weight excluding hydrogens is 448 g/mol. The molecule has 0 aliphatic carbocycles. The molecular formula is C25H26N6O2S. The van der Waals surface area contributed by atoms with Gasteiger partial charge in [-0.1, -0.05) is 42.2 Å². The molecule has 0 saturated heterocycles. The van der Waals surface area contributed by atoms with Crippen LogP contribution in [0.3, 0.4) is 0 Å². The highest BCUT2D eigenvalue weighted by Crippen LogP contribution is 2.28. The van der Waals surface area contributed by atoms with Crippen molar-refractivity contribution < 1.29 is 9.59 Å². The van der Waals surface area contributed by atoms with Crippen molar-refractivity contribution in [3.63, 3.8) is 0 Å². The molecule has 1 aliphatic rings. The smallest absolute Gasteiger partial charge is 0.261 e. The van der Waals surface area contributed by atoms with Gasteiger partial charge in [0.2, 0.25) is 5.13 Å². The lowest BCUT2D eigenvalue weighted by Gasteiger charge is -2.14. The van der Waals surface area contributed by atoms with Crippen LogP contribution in [0.1, 0.15) is 63.0 Å². The quantitative estimate of drug-likeness (QED) is 0.281. The molecule has 1 aromatic carbocycles. The Morgan fingerprint density at radius 2 is 1.82 bits per heavy atom. The molecule has 4 rings (SSSR count). The highest BCUT2D eigenvalue weighted by Gasteiger charge is 2.34. The summed E-state index contributed by atoms with van der Waals surface area (Å²) in [5, 5.41) is 16.4. The Morgan fingerprint density at radius 3 is 2.47 bits per heavy atom. The van der Waals surface area contributed by atoms with Crippen molar-refractivity contribution in [1.29, 1.82) is 0 Å². The van der Waals surface area contributed by atoms with Gasteiger partial charge >= 0.3 is 0 Å². The molecule has 0 spiro atoms. The first-order valence-electron chi connectivity index (χ1n) is 11.2. The zero-order chi connectivity index (χ0) is 24.1. The van der Waals surface area contributed by atoms with Gasteiger partial charge in [-0.3, -0.25) is 14.5 Å². The number of pyridine rings is 1. The lowest BCUT2D eigenvalue weighted by Crippen LogP contribution is -2.30. The number of fused-ring (bicyclic) bond motifs is 1. The molecule has 3 aromatic rings. The van der Waals surface area contributed by atoms with Gasteiger partial charge in [0.25, 0.3) is 11.8 Å². The van der Waals surface area contributed by atoms with E-state index in [-0.39, 0.29) is 11.8 Å². The van der Waals surface area contributed by atoms with Gasteiger partial charge in [0.15, 0.2) is 0 Å². The molecule has 9 heteroatoms. The summed E-state index contributed by atoms with van der Waals surface area (Å²) in [5.41, 5.74) is 3.66. The van der Waals surface area contributed by atoms with Crippen molar-refractivity contribution in [3.8, 4) is 11.8 Å². The van der Waals surface area contributed by atoms with E-state index in [9.17, 15) is 9.59 Å². The van der Waals surface area contributed by atoms with E-state index in [1.54, 1.807) is 30.5 Å². The lowest BCUT2D eigenvalue weighted by molar-refractivity contribution is 0.0653. The van der Waals surface area contributed by atoms with Gasteiger partial charge in [-0.2, -0.15) is 0 Å². The molecule has 0 atom stereocenters. The van der Waals surface area contributed by atoms with E-state index in [1.165, 1.54) is 16.2 Å².